The number of imidazole rings is 1. The SMILES string of the molecule is O=C(NC1CCC(n2nc3c(cc2=O)COCC3)CC1)c1cnc[nH]1. The molecular formula is C17H21N5O3. The number of hydrogen-bond donors (Lipinski definition) is 2. The van der Waals surface area contributed by atoms with E-state index in [0.29, 0.717) is 18.9 Å². The van der Waals surface area contributed by atoms with Crippen molar-refractivity contribution in [2.45, 2.75) is 50.8 Å². The summed E-state index contributed by atoms with van der Waals surface area (Å²) in [5, 5.41) is 7.61. The first-order valence-corrected chi connectivity index (χ1v) is 8.69. The molecule has 1 amide bonds. The van der Waals surface area contributed by atoms with Crippen molar-refractivity contribution < 1.29 is 9.53 Å². The van der Waals surface area contributed by atoms with Gasteiger partial charge in [0.15, 0.2) is 0 Å². The Bertz CT molecular complexity index is 806. The van der Waals surface area contributed by atoms with Crippen molar-refractivity contribution in [2.75, 3.05) is 6.61 Å². The molecule has 2 N–H and O–H groups in total. The molecule has 1 fully saturated rings. The van der Waals surface area contributed by atoms with Gasteiger partial charge in [0.2, 0.25) is 0 Å². The number of rotatable bonds is 3. The maximum absolute atomic E-state index is 12.4. The Morgan fingerprint density at radius 3 is 2.92 bits per heavy atom. The lowest BCUT2D eigenvalue weighted by atomic mass is 9.91. The van der Waals surface area contributed by atoms with Crippen LogP contribution in [0, 0.1) is 0 Å². The van der Waals surface area contributed by atoms with Crippen molar-refractivity contribution in [1.82, 2.24) is 25.1 Å². The number of aromatic amines is 1. The van der Waals surface area contributed by atoms with Crippen molar-refractivity contribution in [3.63, 3.8) is 0 Å². The standard InChI is InChI=1S/C17H21N5O3/c23-16-7-11-9-25-6-5-14(11)21-22(16)13-3-1-12(2-4-13)20-17(24)15-8-18-10-19-15/h7-8,10,12-13H,1-6,9H2,(H,18,19)(H,20,24). The molecule has 0 saturated heterocycles. The first-order chi connectivity index (χ1) is 12.2. The number of ether oxygens (including phenoxy) is 1. The minimum absolute atomic E-state index is 0.0609. The van der Waals surface area contributed by atoms with Crippen LogP contribution >= 0.6 is 0 Å². The van der Waals surface area contributed by atoms with E-state index < -0.39 is 0 Å². The highest BCUT2D eigenvalue weighted by atomic mass is 16.5. The molecule has 3 heterocycles. The summed E-state index contributed by atoms with van der Waals surface area (Å²) in [6.07, 6.45) is 7.08. The minimum atomic E-state index is -0.134. The highest BCUT2D eigenvalue weighted by Gasteiger charge is 2.26. The van der Waals surface area contributed by atoms with Crippen LogP contribution in [-0.2, 0) is 17.8 Å². The largest absolute Gasteiger partial charge is 0.376 e. The van der Waals surface area contributed by atoms with Crippen LogP contribution < -0.4 is 10.9 Å². The average molecular weight is 343 g/mol. The third-order valence-corrected chi connectivity index (χ3v) is 4.98. The van der Waals surface area contributed by atoms with Gasteiger partial charge in [-0.1, -0.05) is 0 Å². The molecule has 25 heavy (non-hydrogen) atoms. The molecule has 2 aromatic heterocycles. The number of hydrogen-bond acceptors (Lipinski definition) is 5. The van der Waals surface area contributed by atoms with E-state index in [2.05, 4.69) is 20.4 Å². The molecule has 1 saturated carbocycles. The summed E-state index contributed by atoms with van der Waals surface area (Å²) < 4.78 is 7.02. The quantitative estimate of drug-likeness (QED) is 0.864. The predicted octanol–water partition coefficient (Wildman–Crippen LogP) is 0.953. The zero-order valence-electron chi connectivity index (χ0n) is 13.9. The highest BCUT2D eigenvalue weighted by Crippen LogP contribution is 2.27. The third kappa shape index (κ3) is 3.34. The fraction of sp³-hybridized carbons (Fsp3) is 0.529. The Balaban J connectivity index is 1.40. The van der Waals surface area contributed by atoms with E-state index >= 15 is 0 Å². The fourth-order valence-corrected chi connectivity index (χ4v) is 3.60. The maximum atomic E-state index is 12.4. The van der Waals surface area contributed by atoms with Gasteiger partial charge in [-0.05, 0) is 25.7 Å². The summed E-state index contributed by atoms with van der Waals surface area (Å²) in [5.74, 6) is -0.134. The number of nitrogens with one attached hydrogen (secondary N) is 2. The molecule has 1 aliphatic carbocycles. The molecular weight excluding hydrogens is 322 g/mol. The molecule has 1 aliphatic heterocycles. The summed E-state index contributed by atoms with van der Waals surface area (Å²) in [6.45, 7) is 1.13. The lowest BCUT2D eigenvalue weighted by molar-refractivity contribution is 0.0916. The summed E-state index contributed by atoms with van der Waals surface area (Å²) >= 11 is 0. The Labute approximate surface area is 144 Å². The van der Waals surface area contributed by atoms with E-state index in [0.717, 1.165) is 43.4 Å². The smallest absolute Gasteiger partial charge is 0.269 e. The van der Waals surface area contributed by atoms with Crippen molar-refractivity contribution in [3.05, 3.63) is 45.9 Å². The Morgan fingerprint density at radius 1 is 1.32 bits per heavy atom. The van der Waals surface area contributed by atoms with Crippen molar-refractivity contribution in [1.29, 1.82) is 0 Å². The normalized spacial score (nSPS) is 23.0. The van der Waals surface area contributed by atoms with Crippen LogP contribution in [0.5, 0.6) is 0 Å². The summed E-state index contributed by atoms with van der Waals surface area (Å²) in [5.41, 5.74) is 2.29. The lowest BCUT2D eigenvalue weighted by Gasteiger charge is -2.30. The molecule has 0 atom stereocenters. The second-order valence-electron chi connectivity index (χ2n) is 6.65. The van der Waals surface area contributed by atoms with Gasteiger partial charge in [0.25, 0.3) is 11.5 Å². The van der Waals surface area contributed by atoms with Crippen molar-refractivity contribution in [2.24, 2.45) is 0 Å². The van der Waals surface area contributed by atoms with Gasteiger partial charge >= 0.3 is 0 Å². The zero-order valence-corrected chi connectivity index (χ0v) is 13.9. The molecule has 132 valence electrons. The van der Waals surface area contributed by atoms with Gasteiger partial charge in [-0.15, -0.1) is 0 Å². The number of nitrogens with zero attached hydrogens (tertiary/aromatic N) is 3. The first kappa shape index (κ1) is 16.0. The van der Waals surface area contributed by atoms with Crippen LogP contribution in [0.25, 0.3) is 0 Å². The van der Waals surface area contributed by atoms with Gasteiger partial charge in [0, 0.05) is 24.1 Å². The van der Waals surface area contributed by atoms with Crippen LogP contribution in [0.4, 0.5) is 0 Å². The summed E-state index contributed by atoms with van der Waals surface area (Å²) in [7, 11) is 0. The van der Waals surface area contributed by atoms with E-state index in [-0.39, 0.29) is 23.6 Å². The molecule has 0 spiro atoms. The van der Waals surface area contributed by atoms with Crippen molar-refractivity contribution >= 4 is 5.91 Å². The summed E-state index contributed by atoms with van der Waals surface area (Å²) in [4.78, 5) is 31.1. The van der Waals surface area contributed by atoms with Gasteiger partial charge < -0.3 is 15.0 Å². The molecule has 8 nitrogen and oxygen atoms in total. The minimum Gasteiger partial charge on any atom is -0.376 e. The van der Waals surface area contributed by atoms with Crippen LogP contribution in [0.1, 0.15) is 53.5 Å². The van der Waals surface area contributed by atoms with Gasteiger partial charge in [0.1, 0.15) is 5.69 Å². The number of aromatic nitrogens is 4. The molecule has 0 aromatic carbocycles. The molecule has 0 bridgehead atoms. The topological polar surface area (TPSA) is 102 Å². The number of H-pyrrole nitrogens is 1. The van der Waals surface area contributed by atoms with Crippen molar-refractivity contribution in [3.8, 4) is 0 Å². The molecule has 8 heteroatoms. The average Bonchev–Trinajstić information content (AvgIpc) is 3.17. The van der Waals surface area contributed by atoms with E-state index in [1.165, 1.54) is 12.5 Å². The van der Waals surface area contributed by atoms with Crippen LogP contribution in [0.15, 0.2) is 23.4 Å². The van der Waals surface area contributed by atoms with E-state index in [1.54, 1.807) is 10.7 Å². The predicted molar refractivity (Wildman–Crippen MR) is 89.2 cm³/mol. The fourth-order valence-electron chi connectivity index (χ4n) is 3.60. The number of carbonyl (C=O) groups is 1. The monoisotopic (exact) mass is 343 g/mol. The molecule has 4 rings (SSSR count). The van der Waals surface area contributed by atoms with Gasteiger partial charge in [-0.2, -0.15) is 5.10 Å². The molecule has 0 unspecified atom stereocenters. The number of amides is 1. The molecule has 2 aliphatic rings. The second kappa shape index (κ2) is 6.79. The van der Waals surface area contributed by atoms with E-state index in [4.69, 9.17) is 4.74 Å². The zero-order chi connectivity index (χ0) is 17.2. The second-order valence-corrected chi connectivity index (χ2v) is 6.65. The maximum Gasteiger partial charge on any atom is 0.269 e. The summed E-state index contributed by atoms with van der Waals surface area (Å²) in [6, 6.07) is 1.88. The Hall–Kier alpha value is -2.48. The van der Waals surface area contributed by atoms with Gasteiger partial charge in [-0.25, -0.2) is 9.67 Å². The number of carbonyl (C=O) groups excluding carboxylic acids is 1. The lowest BCUT2D eigenvalue weighted by Crippen LogP contribution is -2.40. The van der Waals surface area contributed by atoms with Crippen LogP contribution in [-0.4, -0.2) is 38.3 Å². The number of fused-ring (bicyclic) bond motifs is 1. The van der Waals surface area contributed by atoms with E-state index in [9.17, 15) is 9.59 Å². The molecule has 2 aromatic rings. The first-order valence-electron chi connectivity index (χ1n) is 8.69. The Kier molecular flexibility index (Phi) is 4.35. The van der Waals surface area contributed by atoms with Crippen LogP contribution in [0.3, 0.4) is 0 Å². The van der Waals surface area contributed by atoms with Gasteiger partial charge in [0.05, 0.1) is 37.5 Å². The van der Waals surface area contributed by atoms with Gasteiger partial charge in [-0.3, -0.25) is 9.59 Å². The molecule has 0 radical (unpaired) electrons. The van der Waals surface area contributed by atoms with Crippen LogP contribution in [0.2, 0.25) is 0 Å². The third-order valence-electron chi connectivity index (χ3n) is 4.98. The Morgan fingerprint density at radius 2 is 2.16 bits per heavy atom. The van der Waals surface area contributed by atoms with E-state index in [1.807, 2.05) is 0 Å². The highest BCUT2D eigenvalue weighted by molar-refractivity contribution is 5.92.